The summed E-state index contributed by atoms with van der Waals surface area (Å²) < 4.78 is 5.01. The lowest BCUT2D eigenvalue weighted by atomic mass is 10.2. The second-order valence-corrected chi connectivity index (χ2v) is 6.73. The normalized spacial score (nSPS) is 16.2. The molecule has 0 unspecified atom stereocenters. The fourth-order valence-electron chi connectivity index (χ4n) is 2.82. The van der Waals surface area contributed by atoms with Crippen LogP contribution in [-0.2, 0) is 16.1 Å². The number of rotatable bonds is 6. The van der Waals surface area contributed by atoms with E-state index >= 15 is 0 Å². The van der Waals surface area contributed by atoms with Gasteiger partial charge in [-0.2, -0.15) is 0 Å². The molecule has 1 fully saturated rings. The van der Waals surface area contributed by atoms with Gasteiger partial charge in [0.05, 0.1) is 18.8 Å². The number of thiazole rings is 1. The molecule has 24 heavy (non-hydrogen) atoms. The first-order valence-electron chi connectivity index (χ1n) is 8.34. The Labute approximate surface area is 146 Å². The molecule has 0 N–H and O–H groups in total. The maximum absolute atomic E-state index is 11.5. The molecule has 1 aromatic heterocycles. The van der Waals surface area contributed by atoms with Gasteiger partial charge in [-0.3, -0.25) is 14.6 Å². The van der Waals surface area contributed by atoms with Crippen molar-refractivity contribution in [2.24, 2.45) is 0 Å². The highest BCUT2D eigenvalue weighted by Crippen LogP contribution is 2.24. The number of esters is 1. The Morgan fingerprint density at radius 3 is 2.58 bits per heavy atom. The molecular weight excluding hydrogens is 322 g/mol. The molecule has 0 amide bonds. The molecule has 0 aliphatic carbocycles. The first-order chi connectivity index (χ1) is 11.7. The molecule has 1 aromatic carbocycles. The molecular formula is C18H23N3O2S. The molecule has 1 aliphatic rings. The first-order valence-corrected chi connectivity index (χ1v) is 9.22. The van der Waals surface area contributed by atoms with Crippen LogP contribution in [0.3, 0.4) is 0 Å². The molecule has 0 bridgehead atoms. The van der Waals surface area contributed by atoms with E-state index in [-0.39, 0.29) is 5.97 Å². The average Bonchev–Trinajstić information content (AvgIpc) is 3.06. The number of carbonyl (C=O) groups is 1. The number of carbonyl (C=O) groups excluding carboxylic acids is 1. The number of aromatic nitrogens is 1. The second-order valence-electron chi connectivity index (χ2n) is 5.87. The third-order valence-electron chi connectivity index (χ3n) is 4.08. The van der Waals surface area contributed by atoms with E-state index in [1.54, 1.807) is 11.3 Å². The minimum Gasteiger partial charge on any atom is -0.465 e. The summed E-state index contributed by atoms with van der Waals surface area (Å²) in [7, 11) is 0. The molecule has 2 heterocycles. The fraction of sp³-hybridized carbons (Fsp3) is 0.444. The summed E-state index contributed by atoms with van der Waals surface area (Å²) in [6.45, 7) is 7.27. The van der Waals surface area contributed by atoms with Crippen LogP contribution in [0.25, 0.3) is 10.6 Å². The van der Waals surface area contributed by atoms with Gasteiger partial charge >= 0.3 is 5.97 Å². The van der Waals surface area contributed by atoms with Crippen molar-refractivity contribution in [3.63, 3.8) is 0 Å². The van der Waals surface area contributed by atoms with Crippen molar-refractivity contribution in [1.82, 2.24) is 14.8 Å². The number of piperazine rings is 1. The van der Waals surface area contributed by atoms with Gasteiger partial charge in [-0.1, -0.05) is 30.3 Å². The summed E-state index contributed by atoms with van der Waals surface area (Å²) in [5, 5.41) is 3.22. The van der Waals surface area contributed by atoms with Crippen molar-refractivity contribution in [2.75, 3.05) is 39.3 Å². The highest BCUT2D eigenvalue weighted by atomic mass is 32.1. The third-order valence-corrected chi connectivity index (χ3v) is 5.02. The van der Waals surface area contributed by atoms with Gasteiger partial charge in [-0.05, 0) is 6.92 Å². The zero-order valence-electron chi connectivity index (χ0n) is 14.0. The molecule has 0 saturated carbocycles. The van der Waals surface area contributed by atoms with Crippen molar-refractivity contribution in [3.8, 4) is 10.6 Å². The third kappa shape index (κ3) is 4.63. The van der Waals surface area contributed by atoms with Crippen LogP contribution in [-0.4, -0.2) is 60.1 Å². The molecule has 1 saturated heterocycles. The molecule has 0 atom stereocenters. The predicted molar refractivity (Wildman–Crippen MR) is 95.9 cm³/mol. The van der Waals surface area contributed by atoms with Crippen LogP contribution >= 0.6 is 11.3 Å². The minimum atomic E-state index is -0.127. The van der Waals surface area contributed by atoms with Gasteiger partial charge in [0.25, 0.3) is 0 Å². The van der Waals surface area contributed by atoms with Crippen molar-refractivity contribution < 1.29 is 9.53 Å². The summed E-state index contributed by atoms with van der Waals surface area (Å²) in [5.74, 6) is -0.127. The van der Waals surface area contributed by atoms with E-state index in [4.69, 9.17) is 9.72 Å². The highest BCUT2D eigenvalue weighted by molar-refractivity contribution is 7.13. The van der Waals surface area contributed by atoms with Crippen molar-refractivity contribution in [1.29, 1.82) is 0 Å². The number of hydrogen-bond donors (Lipinski definition) is 0. The van der Waals surface area contributed by atoms with E-state index in [0.717, 1.165) is 43.4 Å². The fourth-order valence-corrected chi connectivity index (χ4v) is 3.63. The topological polar surface area (TPSA) is 45.7 Å². The van der Waals surface area contributed by atoms with Gasteiger partial charge in [0.2, 0.25) is 0 Å². The number of ether oxygens (including phenoxy) is 1. The maximum Gasteiger partial charge on any atom is 0.320 e. The first kappa shape index (κ1) is 17.1. The predicted octanol–water partition coefficient (Wildman–Crippen LogP) is 2.49. The van der Waals surface area contributed by atoms with Gasteiger partial charge in [-0.15, -0.1) is 11.3 Å². The molecule has 2 aromatic rings. The van der Waals surface area contributed by atoms with E-state index in [2.05, 4.69) is 27.3 Å². The Balaban J connectivity index is 1.48. The highest BCUT2D eigenvalue weighted by Gasteiger charge is 2.20. The monoisotopic (exact) mass is 345 g/mol. The van der Waals surface area contributed by atoms with Crippen LogP contribution < -0.4 is 0 Å². The SMILES string of the molecule is CCOC(=O)CN1CCN(Cc2csc(-c3ccccc3)n2)CC1. The minimum absolute atomic E-state index is 0.127. The van der Waals surface area contributed by atoms with E-state index < -0.39 is 0 Å². The van der Waals surface area contributed by atoms with Gasteiger partial charge in [0.15, 0.2) is 0 Å². The van der Waals surface area contributed by atoms with Gasteiger partial charge in [0.1, 0.15) is 5.01 Å². The lowest BCUT2D eigenvalue weighted by molar-refractivity contribution is -0.144. The Morgan fingerprint density at radius 1 is 1.17 bits per heavy atom. The van der Waals surface area contributed by atoms with Crippen molar-refractivity contribution >= 4 is 17.3 Å². The number of nitrogens with zero attached hydrogens (tertiary/aromatic N) is 3. The molecule has 6 heteroatoms. The van der Waals surface area contributed by atoms with Crippen molar-refractivity contribution in [3.05, 3.63) is 41.4 Å². The molecule has 0 spiro atoms. The van der Waals surface area contributed by atoms with Crippen LogP contribution in [0.2, 0.25) is 0 Å². The quantitative estimate of drug-likeness (QED) is 0.753. The summed E-state index contributed by atoms with van der Waals surface area (Å²) in [6, 6.07) is 10.3. The number of benzene rings is 1. The number of hydrogen-bond acceptors (Lipinski definition) is 6. The van der Waals surface area contributed by atoms with Crippen LogP contribution in [0.5, 0.6) is 0 Å². The van der Waals surface area contributed by atoms with Gasteiger partial charge in [-0.25, -0.2) is 4.98 Å². The van der Waals surface area contributed by atoms with Crippen LogP contribution in [0.1, 0.15) is 12.6 Å². The molecule has 0 radical (unpaired) electrons. The lowest BCUT2D eigenvalue weighted by Gasteiger charge is -2.33. The summed E-state index contributed by atoms with van der Waals surface area (Å²) in [4.78, 5) is 20.8. The van der Waals surface area contributed by atoms with Crippen LogP contribution in [0.4, 0.5) is 0 Å². The molecule has 5 nitrogen and oxygen atoms in total. The standard InChI is InChI=1S/C18H23N3O2S/c1-2-23-17(22)13-21-10-8-20(9-11-21)12-16-14-24-18(19-16)15-6-4-3-5-7-15/h3-7,14H,2,8-13H2,1H3. The lowest BCUT2D eigenvalue weighted by Crippen LogP contribution is -2.47. The zero-order chi connectivity index (χ0) is 16.8. The van der Waals surface area contributed by atoms with Crippen molar-refractivity contribution in [2.45, 2.75) is 13.5 Å². The average molecular weight is 345 g/mol. The molecule has 1 aliphatic heterocycles. The van der Waals surface area contributed by atoms with Crippen LogP contribution in [0, 0.1) is 0 Å². The van der Waals surface area contributed by atoms with Crippen LogP contribution in [0.15, 0.2) is 35.7 Å². The Hall–Kier alpha value is -1.76. The van der Waals surface area contributed by atoms with E-state index in [9.17, 15) is 4.79 Å². The Kier molecular flexibility index (Phi) is 5.96. The molecule has 3 rings (SSSR count). The van der Waals surface area contributed by atoms with E-state index in [0.29, 0.717) is 13.2 Å². The van der Waals surface area contributed by atoms with E-state index in [1.807, 2.05) is 25.1 Å². The second kappa shape index (κ2) is 8.37. The Bertz CT molecular complexity index is 651. The Morgan fingerprint density at radius 2 is 1.88 bits per heavy atom. The van der Waals surface area contributed by atoms with E-state index in [1.165, 1.54) is 5.56 Å². The summed E-state index contributed by atoms with van der Waals surface area (Å²) >= 11 is 1.70. The smallest absolute Gasteiger partial charge is 0.320 e. The zero-order valence-corrected chi connectivity index (χ0v) is 14.8. The summed E-state index contributed by atoms with van der Waals surface area (Å²) in [6.07, 6.45) is 0. The largest absolute Gasteiger partial charge is 0.465 e. The van der Waals surface area contributed by atoms with Gasteiger partial charge in [0, 0.05) is 43.7 Å². The van der Waals surface area contributed by atoms with Gasteiger partial charge < -0.3 is 4.74 Å². The summed E-state index contributed by atoms with van der Waals surface area (Å²) in [5.41, 5.74) is 2.30. The maximum atomic E-state index is 11.5. The molecule has 128 valence electrons.